The van der Waals surface area contributed by atoms with E-state index in [1.54, 1.807) is 0 Å². The maximum Gasteiger partial charge on any atom is 0.244 e. The van der Waals surface area contributed by atoms with Crippen molar-refractivity contribution in [3.63, 3.8) is 0 Å². The van der Waals surface area contributed by atoms with Crippen LogP contribution in [0.5, 0.6) is 0 Å². The maximum absolute atomic E-state index is 12.5. The lowest BCUT2D eigenvalue weighted by Crippen LogP contribution is -2.48. The summed E-state index contributed by atoms with van der Waals surface area (Å²) in [6.45, 7) is 5.77. The van der Waals surface area contributed by atoms with Crippen LogP contribution in [-0.2, 0) is 4.79 Å². The summed E-state index contributed by atoms with van der Waals surface area (Å²) >= 11 is 0. The van der Waals surface area contributed by atoms with Gasteiger partial charge in [0.05, 0.1) is 6.04 Å². The van der Waals surface area contributed by atoms with Crippen molar-refractivity contribution in [2.24, 2.45) is 0 Å². The molecule has 1 atom stereocenters. The summed E-state index contributed by atoms with van der Waals surface area (Å²) in [6, 6.07) is 8.08. The Hall–Kier alpha value is -1.35. The molecule has 3 nitrogen and oxygen atoms in total. The van der Waals surface area contributed by atoms with Crippen LogP contribution in [0.3, 0.4) is 0 Å². The second kappa shape index (κ2) is 6.01. The number of nitrogens with one attached hydrogen (secondary N) is 1. The molecule has 0 unspecified atom stereocenters. The van der Waals surface area contributed by atoms with E-state index in [2.05, 4.69) is 18.3 Å². The number of hydrogen-bond acceptors (Lipinski definition) is 2. The van der Waals surface area contributed by atoms with Crippen LogP contribution in [-0.4, -0.2) is 25.0 Å². The van der Waals surface area contributed by atoms with Crippen molar-refractivity contribution >= 4 is 11.6 Å². The van der Waals surface area contributed by atoms with Gasteiger partial charge in [0, 0.05) is 12.2 Å². The molecule has 0 aliphatic carbocycles. The molecule has 1 amide bonds. The van der Waals surface area contributed by atoms with Gasteiger partial charge in [-0.15, -0.1) is 0 Å². The van der Waals surface area contributed by atoms with Gasteiger partial charge >= 0.3 is 0 Å². The Balaban J connectivity index is 2.17. The summed E-state index contributed by atoms with van der Waals surface area (Å²) in [5.41, 5.74) is 2.20. The third-order valence-corrected chi connectivity index (χ3v) is 3.60. The molecule has 1 N–H and O–H groups in total. The molecule has 0 radical (unpaired) electrons. The number of carbonyl (C=O) groups is 1. The molecule has 1 aromatic rings. The van der Waals surface area contributed by atoms with E-state index in [4.69, 9.17) is 0 Å². The van der Waals surface area contributed by atoms with Gasteiger partial charge in [0.1, 0.15) is 0 Å². The standard InChI is InChI=1S/C15H22N2O/c1-3-17(14-10-5-4-8-12(14)2)15(18)13-9-6-7-11-16-13/h4-5,8,10,13,16H,3,6-7,9,11H2,1-2H3/t13-/m0/s1. The minimum Gasteiger partial charge on any atom is -0.311 e. The number of aryl methyl sites for hydroxylation is 1. The van der Waals surface area contributed by atoms with Gasteiger partial charge in [0.2, 0.25) is 5.91 Å². The Bertz CT molecular complexity index is 411. The lowest BCUT2D eigenvalue weighted by atomic mass is 10.0. The fourth-order valence-corrected chi connectivity index (χ4v) is 2.56. The second-order valence-corrected chi connectivity index (χ2v) is 4.87. The average Bonchev–Trinajstić information content (AvgIpc) is 2.42. The van der Waals surface area contributed by atoms with Crippen molar-refractivity contribution in [3.05, 3.63) is 29.8 Å². The fraction of sp³-hybridized carbons (Fsp3) is 0.533. The summed E-state index contributed by atoms with van der Waals surface area (Å²) in [5, 5.41) is 3.33. The van der Waals surface area contributed by atoms with Crippen LogP contribution in [0.15, 0.2) is 24.3 Å². The van der Waals surface area contributed by atoms with Crippen LogP contribution >= 0.6 is 0 Å². The zero-order chi connectivity index (χ0) is 13.0. The van der Waals surface area contributed by atoms with Crippen molar-refractivity contribution in [1.82, 2.24) is 5.32 Å². The van der Waals surface area contributed by atoms with Gasteiger partial charge in [-0.2, -0.15) is 0 Å². The highest BCUT2D eigenvalue weighted by Gasteiger charge is 2.26. The van der Waals surface area contributed by atoms with Crippen LogP contribution in [0.25, 0.3) is 0 Å². The second-order valence-electron chi connectivity index (χ2n) is 4.87. The molecule has 0 bridgehead atoms. The number of amides is 1. The highest BCUT2D eigenvalue weighted by molar-refractivity contribution is 5.97. The molecule has 0 spiro atoms. The van der Waals surface area contributed by atoms with E-state index >= 15 is 0 Å². The molecule has 0 saturated carbocycles. The van der Waals surface area contributed by atoms with Crippen molar-refractivity contribution in [2.75, 3.05) is 18.0 Å². The number of para-hydroxylation sites is 1. The normalized spacial score (nSPS) is 19.6. The average molecular weight is 246 g/mol. The molecule has 0 aromatic heterocycles. The minimum atomic E-state index is -0.00157. The lowest BCUT2D eigenvalue weighted by molar-refractivity contribution is -0.121. The summed E-state index contributed by atoms with van der Waals surface area (Å²) in [6.07, 6.45) is 3.29. The van der Waals surface area contributed by atoms with Crippen molar-refractivity contribution in [2.45, 2.75) is 39.2 Å². The maximum atomic E-state index is 12.5. The number of hydrogen-bond donors (Lipinski definition) is 1. The van der Waals surface area contributed by atoms with Gasteiger partial charge in [-0.1, -0.05) is 24.6 Å². The predicted octanol–water partition coefficient (Wildman–Crippen LogP) is 2.49. The molecular weight excluding hydrogens is 224 g/mol. The minimum absolute atomic E-state index is 0.00157. The Labute approximate surface area is 109 Å². The van der Waals surface area contributed by atoms with E-state index in [-0.39, 0.29) is 11.9 Å². The van der Waals surface area contributed by atoms with Crippen LogP contribution in [0.1, 0.15) is 31.7 Å². The van der Waals surface area contributed by atoms with Gasteiger partial charge in [0.25, 0.3) is 0 Å². The topological polar surface area (TPSA) is 32.3 Å². The molecule has 1 fully saturated rings. The molecule has 2 rings (SSSR count). The molecule has 1 aliphatic rings. The Morgan fingerprint density at radius 3 is 2.78 bits per heavy atom. The Morgan fingerprint density at radius 1 is 1.39 bits per heavy atom. The molecule has 1 aromatic carbocycles. The summed E-state index contributed by atoms with van der Waals surface area (Å²) in [4.78, 5) is 14.4. The number of anilines is 1. The largest absolute Gasteiger partial charge is 0.311 e. The smallest absolute Gasteiger partial charge is 0.244 e. The Kier molecular flexibility index (Phi) is 4.37. The van der Waals surface area contributed by atoms with Crippen LogP contribution in [0.2, 0.25) is 0 Å². The summed E-state index contributed by atoms with van der Waals surface area (Å²) < 4.78 is 0. The quantitative estimate of drug-likeness (QED) is 0.888. The van der Waals surface area contributed by atoms with Gasteiger partial charge in [-0.25, -0.2) is 0 Å². The monoisotopic (exact) mass is 246 g/mol. The number of piperidine rings is 1. The first-order chi connectivity index (χ1) is 8.74. The fourth-order valence-electron chi connectivity index (χ4n) is 2.56. The van der Waals surface area contributed by atoms with Crippen LogP contribution < -0.4 is 10.2 Å². The van der Waals surface area contributed by atoms with E-state index in [9.17, 15) is 4.79 Å². The van der Waals surface area contributed by atoms with E-state index in [1.165, 1.54) is 6.42 Å². The number of carbonyl (C=O) groups excluding carboxylic acids is 1. The first kappa shape index (κ1) is 13.1. The van der Waals surface area contributed by atoms with Crippen molar-refractivity contribution in [3.8, 4) is 0 Å². The third kappa shape index (κ3) is 2.72. The number of nitrogens with zero attached hydrogens (tertiary/aromatic N) is 1. The molecule has 98 valence electrons. The molecule has 1 heterocycles. The summed E-state index contributed by atoms with van der Waals surface area (Å²) in [7, 11) is 0. The number of likely N-dealkylation sites (N-methyl/N-ethyl adjacent to an activating group) is 1. The Morgan fingerprint density at radius 2 is 2.17 bits per heavy atom. The van der Waals surface area contributed by atoms with Crippen molar-refractivity contribution < 1.29 is 4.79 Å². The van der Waals surface area contributed by atoms with E-state index in [0.29, 0.717) is 0 Å². The first-order valence-electron chi connectivity index (χ1n) is 6.84. The van der Waals surface area contributed by atoms with E-state index in [1.807, 2.05) is 30.0 Å². The van der Waals surface area contributed by atoms with Gasteiger partial charge in [-0.05, 0) is 44.9 Å². The van der Waals surface area contributed by atoms with Gasteiger partial charge in [0.15, 0.2) is 0 Å². The first-order valence-corrected chi connectivity index (χ1v) is 6.84. The van der Waals surface area contributed by atoms with Crippen LogP contribution in [0, 0.1) is 6.92 Å². The van der Waals surface area contributed by atoms with Crippen LogP contribution in [0.4, 0.5) is 5.69 Å². The third-order valence-electron chi connectivity index (χ3n) is 3.60. The number of rotatable bonds is 3. The molecule has 1 aliphatic heterocycles. The highest BCUT2D eigenvalue weighted by atomic mass is 16.2. The van der Waals surface area contributed by atoms with E-state index < -0.39 is 0 Å². The SMILES string of the molecule is CCN(C(=O)[C@@H]1CCCCN1)c1ccccc1C. The van der Waals surface area contributed by atoms with Gasteiger partial charge < -0.3 is 10.2 Å². The lowest BCUT2D eigenvalue weighted by Gasteiger charge is -2.30. The molecular formula is C15H22N2O. The van der Waals surface area contributed by atoms with E-state index in [0.717, 1.165) is 37.2 Å². The molecule has 3 heteroatoms. The number of benzene rings is 1. The molecule has 18 heavy (non-hydrogen) atoms. The molecule has 1 saturated heterocycles. The predicted molar refractivity (Wildman–Crippen MR) is 74.8 cm³/mol. The highest BCUT2D eigenvalue weighted by Crippen LogP contribution is 2.21. The van der Waals surface area contributed by atoms with Crippen molar-refractivity contribution in [1.29, 1.82) is 0 Å². The zero-order valence-electron chi connectivity index (χ0n) is 11.3. The summed E-state index contributed by atoms with van der Waals surface area (Å²) in [5.74, 6) is 0.214. The zero-order valence-corrected chi connectivity index (χ0v) is 11.3. The van der Waals surface area contributed by atoms with Gasteiger partial charge in [-0.3, -0.25) is 4.79 Å².